The minimum Gasteiger partial charge on any atom is -0.291 e. The van der Waals surface area contributed by atoms with Crippen molar-refractivity contribution in [2.24, 2.45) is 9.98 Å². The van der Waals surface area contributed by atoms with Crippen LogP contribution in [0.1, 0.15) is 6.92 Å². The van der Waals surface area contributed by atoms with Crippen molar-refractivity contribution >= 4 is 17.3 Å². The van der Waals surface area contributed by atoms with Gasteiger partial charge in [0.25, 0.3) is 0 Å². The van der Waals surface area contributed by atoms with Crippen LogP contribution in [0.15, 0.2) is 34.3 Å². The third-order valence-electron chi connectivity index (χ3n) is 1.79. The van der Waals surface area contributed by atoms with Crippen LogP contribution in [-0.2, 0) is 4.79 Å². The average Bonchev–Trinajstić information content (AvgIpc) is 2.46. The molecule has 0 amide bonds. The van der Waals surface area contributed by atoms with E-state index in [0.29, 0.717) is 5.84 Å². The second-order valence-electron chi connectivity index (χ2n) is 2.73. The van der Waals surface area contributed by atoms with Crippen LogP contribution in [0.3, 0.4) is 0 Å². The minimum atomic E-state index is -0.0706. The number of carbonyl (C=O) groups is 1. The zero-order valence-electron chi connectivity index (χ0n) is 6.69. The minimum absolute atomic E-state index is 0.0195. The molecule has 1 aliphatic carbocycles. The molecule has 1 unspecified atom stereocenters. The highest BCUT2D eigenvalue weighted by atomic mass is 16.1. The number of allylic oxidation sites excluding steroid dienone is 2. The van der Waals surface area contributed by atoms with Gasteiger partial charge in [-0.3, -0.25) is 4.79 Å². The molecule has 60 valence electrons. The lowest BCUT2D eigenvalue weighted by molar-refractivity contribution is -0.111. The molecule has 0 fully saturated rings. The predicted molar refractivity (Wildman–Crippen MR) is 47.6 cm³/mol. The van der Waals surface area contributed by atoms with Gasteiger partial charge in [0.05, 0.1) is 5.71 Å². The van der Waals surface area contributed by atoms with E-state index in [4.69, 9.17) is 0 Å². The summed E-state index contributed by atoms with van der Waals surface area (Å²) >= 11 is 0. The second-order valence-corrected chi connectivity index (χ2v) is 2.73. The molecule has 2 aliphatic rings. The van der Waals surface area contributed by atoms with Crippen molar-refractivity contribution < 1.29 is 4.79 Å². The number of rotatable bonds is 1. The average molecular weight is 160 g/mol. The Morgan fingerprint density at radius 2 is 2.33 bits per heavy atom. The molecule has 12 heavy (non-hydrogen) atoms. The van der Waals surface area contributed by atoms with Gasteiger partial charge in [0.15, 0.2) is 11.6 Å². The maximum Gasteiger partial charge on any atom is 0.196 e. The van der Waals surface area contributed by atoms with Crippen LogP contribution in [0.25, 0.3) is 0 Å². The Bertz CT molecular complexity index is 348. The van der Waals surface area contributed by atoms with E-state index >= 15 is 0 Å². The van der Waals surface area contributed by atoms with Crippen molar-refractivity contribution in [2.45, 2.75) is 13.0 Å². The highest BCUT2D eigenvalue weighted by molar-refractivity contribution is 6.42. The molecule has 3 nitrogen and oxygen atoms in total. The first-order valence-electron chi connectivity index (χ1n) is 3.79. The molecule has 0 radical (unpaired) electrons. The fraction of sp³-hybridized carbons (Fsp3) is 0.222. The first-order chi connectivity index (χ1) is 5.77. The van der Waals surface area contributed by atoms with Crippen molar-refractivity contribution in [1.82, 2.24) is 0 Å². The van der Waals surface area contributed by atoms with Gasteiger partial charge in [0.2, 0.25) is 0 Å². The van der Waals surface area contributed by atoms with E-state index in [0.717, 1.165) is 5.71 Å². The molecular formula is C9H8N2O. The summed E-state index contributed by atoms with van der Waals surface area (Å²) in [4.78, 5) is 19.1. The van der Waals surface area contributed by atoms with E-state index in [1.807, 2.05) is 24.3 Å². The number of nitrogens with zero attached hydrogens (tertiary/aromatic N) is 2. The summed E-state index contributed by atoms with van der Waals surface area (Å²) in [5.41, 5.74) is 0.864. The molecule has 0 bridgehead atoms. The molecule has 0 saturated carbocycles. The number of aliphatic imine (C=N–C) groups is 2. The zero-order chi connectivity index (χ0) is 8.55. The lowest BCUT2D eigenvalue weighted by Gasteiger charge is -2.02. The molecule has 0 aromatic heterocycles. The number of hydrogen-bond acceptors (Lipinski definition) is 3. The summed E-state index contributed by atoms with van der Waals surface area (Å²) in [6.45, 7) is 1.48. The second kappa shape index (κ2) is 2.52. The van der Waals surface area contributed by atoms with E-state index in [9.17, 15) is 4.79 Å². The van der Waals surface area contributed by atoms with Crippen LogP contribution in [-0.4, -0.2) is 23.4 Å². The topological polar surface area (TPSA) is 41.8 Å². The number of carbonyl (C=O) groups excluding carboxylic acids is 1. The van der Waals surface area contributed by atoms with E-state index in [-0.39, 0.29) is 11.8 Å². The van der Waals surface area contributed by atoms with Crippen molar-refractivity contribution in [3.05, 3.63) is 24.3 Å². The van der Waals surface area contributed by atoms with Crippen molar-refractivity contribution in [1.29, 1.82) is 0 Å². The molecular weight excluding hydrogens is 152 g/mol. The molecule has 3 heteroatoms. The zero-order valence-corrected chi connectivity index (χ0v) is 6.69. The fourth-order valence-electron chi connectivity index (χ4n) is 1.19. The number of Topliss-reactive ketones (excluding diaryl/α,β-unsaturated/α-hetero) is 1. The van der Waals surface area contributed by atoms with E-state index in [2.05, 4.69) is 9.98 Å². The quantitative estimate of drug-likeness (QED) is 0.562. The third kappa shape index (κ3) is 1.03. The predicted octanol–water partition coefficient (Wildman–Crippen LogP) is 0.923. The van der Waals surface area contributed by atoms with Crippen LogP contribution >= 0.6 is 0 Å². The molecule has 1 atom stereocenters. The van der Waals surface area contributed by atoms with Crippen LogP contribution in [0.2, 0.25) is 0 Å². The molecule has 2 rings (SSSR count). The molecule has 1 aliphatic heterocycles. The van der Waals surface area contributed by atoms with E-state index < -0.39 is 0 Å². The SMILES string of the molecule is CC(=O)C1=NC2C=CC=CC2=N1. The van der Waals surface area contributed by atoms with Crippen molar-refractivity contribution in [2.75, 3.05) is 0 Å². The van der Waals surface area contributed by atoms with Crippen molar-refractivity contribution in [3.63, 3.8) is 0 Å². The normalized spacial score (nSPS) is 24.9. The molecule has 1 heterocycles. The van der Waals surface area contributed by atoms with Gasteiger partial charge in [-0.05, 0) is 6.08 Å². The van der Waals surface area contributed by atoms with E-state index in [1.165, 1.54) is 6.92 Å². The summed E-state index contributed by atoms with van der Waals surface area (Å²) < 4.78 is 0. The first-order valence-corrected chi connectivity index (χ1v) is 3.79. The number of hydrogen-bond donors (Lipinski definition) is 0. The molecule has 0 aromatic rings. The monoisotopic (exact) mass is 160 g/mol. The number of amidine groups is 1. The van der Waals surface area contributed by atoms with Gasteiger partial charge in [0, 0.05) is 6.92 Å². The molecule has 0 N–H and O–H groups in total. The first kappa shape index (κ1) is 7.16. The number of ketones is 1. The maximum atomic E-state index is 10.9. The van der Waals surface area contributed by atoms with Gasteiger partial charge in [-0.1, -0.05) is 18.2 Å². The maximum absolute atomic E-state index is 10.9. The number of fused-ring (bicyclic) bond motifs is 1. The largest absolute Gasteiger partial charge is 0.291 e. The molecule has 0 aromatic carbocycles. The summed E-state index contributed by atoms with van der Waals surface area (Å²) in [5.74, 6) is 0.268. The van der Waals surface area contributed by atoms with Gasteiger partial charge in [0.1, 0.15) is 6.04 Å². The van der Waals surface area contributed by atoms with Gasteiger partial charge in [-0.15, -0.1) is 0 Å². The van der Waals surface area contributed by atoms with Crippen LogP contribution in [0, 0.1) is 0 Å². The Morgan fingerprint density at radius 3 is 3.00 bits per heavy atom. The summed E-state index contributed by atoms with van der Waals surface area (Å²) in [7, 11) is 0. The van der Waals surface area contributed by atoms with Gasteiger partial charge in [-0.25, -0.2) is 9.98 Å². The molecule has 0 saturated heterocycles. The lowest BCUT2D eigenvalue weighted by Crippen LogP contribution is -2.11. The Labute approximate surface area is 70.2 Å². The van der Waals surface area contributed by atoms with Gasteiger partial charge in [-0.2, -0.15) is 0 Å². The lowest BCUT2D eigenvalue weighted by atomic mass is 10.1. The highest BCUT2D eigenvalue weighted by Gasteiger charge is 2.21. The fourth-order valence-corrected chi connectivity index (χ4v) is 1.19. The summed E-state index contributed by atoms with van der Waals surface area (Å²) in [6, 6.07) is -0.0195. The Hall–Kier alpha value is -1.51. The van der Waals surface area contributed by atoms with Crippen LogP contribution < -0.4 is 0 Å². The highest BCUT2D eigenvalue weighted by Crippen LogP contribution is 2.12. The smallest absolute Gasteiger partial charge is 0.196 e. The Kier molecular flexibility index (Phi) is 1.50. The Morgan fingerprint density at radius 1 is 1.50 bits per heavy atom. The summed E-state index contributed by atoms with van der Waals surface area (Å²) in [5, 5.41) is 0. The van der Waals surface area contributed by atoms with Crippen molar-refractivity contribution in [3.8, 4) is 0 Å². The summed E-state index contributed by atoms with van der Waals surface area (Å²) in [6.07, 6.45) is 7.61. The third-order valence-corrected chi connectivity index (χ3v) is 1.79. The standard InChI is InChI=1S/C9H8N2O/c1-6(12)9-10-7-4-2-3-5-8(7)11-9/h2-5,7H,1H3. The van der Waals surface area contributed by atoms with Gasteiger partial charge < -0.3 is 0 Å². The molecule has 0 spiro atoms. The van der Waals surface area contributed by atoms with Crippen LogP contribution in [0.4, 0.5) is 0 Å². The Balaban J connectivity index is 2.35. The van der Waals surface area contributed by atoms with Crippen LogP contribution in [0.5, 0.6) is 0 Å². The van der Waals surface area contributed by atoms with Gasteiger partial charge >= 0.3 is 0 Å². The van der Waals surface area contributed by atoms with E-state index in [1.54, 1.807) is 0 Å².